The Hall–Kier alpha value is -1.89. The van der Waals surface area contributed by atoms with Crippen LogP contribution in [0.2, 0.25) is 0 Å². The summed E-state index contributed by atoms with van der Waals surface area (Å²) in [6.45, 7) is 6.28. The summed E-state index contributed by atoms with van der Waals surface area (Å²) in [5.74, 6) is 0.484. The van der Waals surface area contributed by atoms with E-state index in [0.29, 0.717) is 38.6 Å². The van der Waals surface area contributed by atoms with Gasteiger partial charge in [0, 0.05) is 19.2 Å². The second-order valence-electron chi connectivity index (χ2n) is 6.97. The average Bonchev–Trinajstić information content (AvgIpc) is 3.07. The summed E-state index contributed by atoms with van der Waals surface area (Å²) in [7, 11) is 0. The van der Waals surface area contributed by atoms with Gasteiger partial charge in [-0.25, -0.2) is 5.06 Å². The molecular formula is C17H26N4O3. The first-order chi connectivity index (χ1) is 11.6. The molecule has 1 aromatic rings. The smallest absolute Gasteiger partial charge is 0.272 e. The third-order valence-corrected chi connectivity index (χ3v) is 4.62. The molecule has 1 saturated heterocycles. The van der Waals surface area contributed by atoms with E-state index in [2.05, 4.69) is 18.9 Å². The summed E-state index contributed by atoms with van der Waals surface area (Å²) >= 11 is 0. The molecule has 0 aromatic carbocycles. The third-order valence-electron chi connectivity index (χ3n) is 4.62. The van der Waals surface area contributed by atoms with Gasteiger partial charge in [-0.3, -0.25) is 19.1 Å². The Morgan fingerprint density at radius 3 is 2.92 bits per heavy atom. The summed E-state index contributed by atoms with van der Waals surface area (Å²) < 4.78 is 1.74. The van der Waals surface area contributed by atoms with Gasteiger partial charge in [0.2, 0.25) is 5.91 Å². The molecule has 0 radical (unpaired) electrons. The molecule has 2 aliphatic rings. The van der Waals surface area contributed by atoms with Gasteiger partial charge in [-0.15, -0.1) is 0 Å². The van der Waals surface area contributed by atoms with Crippen LogP contribution in [0.15, 0.2) is 12.3 Å². The van der Waals surface area contributed by atoms with Crippen LogP contribution in [0, 0.1) is 5.92 Å². The summed E-state index contributed by atoms with van der Waals surface area (Å²) in [5, 5.41) is 5.74. The molecule has 7 nitrogen and oxygen atoms in total. The number of hydroxylamine groups is 2. The number of nitrogens with zero attached hydrogens (tertiary/aromatic N) is 4. The van der Waals surface area contributed by atoms with Crippen LogP contribution >= 0.6 is 0 Å². The van der Waals surface area contributed by atoms with E-state index in [9.17, 15) is 9.59 Å². The molecule has 132 valence electrons. The van der Waals surface area contributed by atoms with Gasteiger partial charge >= 0.3 is 0 Å². The molecule has 3 rings (SSSR count). The van der Waals surface area contributed by atoms with Crippen LogP contribution < -0.4 is 0 Å². The zero-order valence-electron chi connectivity index (χ0n) is 14.5. The topological polar surface area (TPSA) is 67.7 Å². The number of hydrogen-bond acceptors (Lipinski definition) is 4. The Morgan fingerprint density at radius 2 is 2.21 bits per heavy atom. The lowest BCUT2D eigenvalue weighted by Gasteiger charge is -2.36. The van der Waals surface area contributed by atoms with Crippen molar-refractivity contribution in [1.29, 1.82) is 0 Å². The third kappa shape index (κ3) is 3.61. The minimum Gasteiger partial charge on any atom is -0.334 e. The average molecular weight is 334 g/mol. The molecule has 2 amide bonds. The molecule has 0 unspecified atom stereocenters. The van der Waals surface area contributed by atoms with Gasteiger partial charge < -0.3 is 4.90 Å². The Bertz CT molecular complexity index is 592. The fourth-order valence-corrected chi connectivity index (χ4v) is 3.17. The van der Waals surface area contributed by atoms with Crippen molar-refractivity contribution in [2.75, 3.05) is 19.7 Å². The van der Waals surface area contributed by atoms with Crippen molar-refractivity contribution in [2.24, 2.45) is 5.92 Å². The molecule has 0 N–H and O–H groups in total. The van der Waals surface area contributed by atoms with E-state index in [1.54, 1.807) is 15.8 Å². The molecule has 0 saturated carbocycles. The van der Waals surface area contributed by atoms with Crippen LogP contribution in [-0.4, -0.2) is 51.3 Å². The number of carbonyl (C=O) groups is 2. The first-order valence-corrected chi connectivity index (χ1v) is 8.80. The highest BCUT2D eigenvalue weighted by molar-refractivity contribution is 5.82. The van der Waals surface area contributed by atoms with Crippen LogP contribution in [0.4, 0.5) is 0 Å². The SMILES string of the molecule is CC(C)CCC(=O)N1Cc2ccnn2[C@H](C(=O)N2CCCCO2)C1. The predicted octanol–water partition coefficient (Wildman–Crippen LogP) is 1.76. The molecule has 0 aliphatic carbocycles. The maximum absolute atomic E-state index is 12.9. The molecule has 0 bridgehead atoms. The second kappa shape index (κ2) is 7.34. The highest BCUT2D eigenvalue weighted by Gasteiger charge is 2.36. The summed E-state index contributed by atoms with van der Waals surface area (Å²) in [6.07, 6.45) is 4.99. The first-order valence-electron chi connectivity index (χ1n) is 8.80. The number of fused-ring (bicyclic) bond motifs is 1. The van der Waals surface area contributed by atoms with E-state index < -0.39 is 6.04 Å². The van der Waals surface area contributed by atoms with Gasteiger partial charge in [0.05, 0.1) is 25.4 Å². The van der Waals surface area contributed by atoms with Crippen molar-refractivity contribution in [3.8, 4) is 0 Å². The minimum absolute atomic E-state index is 0.105. The zero-order valence-corrected chi connectivity index (χ0v) is 14.5. The molecule has 2 aliphatic heterocycles. The highest BCUT2D eigenvalue weighted by Crippen LogP contribution is 2.24. The number of hydrogen-bond donors (Lipinski definition) is 0. The number of aromatic nitrogens is 2. The van der Waals surface area contributed by atoms with Crippen LogP contribution in [0.3, 0.4) is 0 Å². The van der Waals surface area contributed by atoms with Crippen molar-refractivity contribution in [3.63, 3.8) is 0 Å². The lowest BCUT2D eigenvalue weighted by atomic mass is 10.1. The lowest BCUT2D eigenvalue weighted by molar-refractivity contribution is -0.201. The van der Waals surface area contributed by atoms with Crippen molar-refractivity contribution in [1.82, 2.24) is 19.7 Å². The molecule has 24 heavy (non-hydrogen) atoms. The number of carbonyl (C=O) groups excluding carboxylic acids is 2. The van der Waals surface area contributed by atoms with Crippen LogP contribution in [-0.2, 0) is 21.0 Å². The molecule has 1 atom stereocenters. The van der Waals surface area contributed by atoms with Crippen molar-refractivity contribution in [3.05, 3.63) is 18.0 Å². The van der Waals surface area contributed by atoms with Gasteiger partial charge in [0.25, 0.3) is 5.91 Å². The first kappa shape index (κ1) is 17.0. The highest BCUT2D eigenvalue weighted by atomic mass is 16.7. The summed E-state index contributed by atoms with van der Waals surface area (Å²) in [6, 6.07) is 1.38. The summed E-state index contributed by atoms with van der Waals surface area (Å²) in [5.41, 5.74) is 0.898. The van der Waals surface area contributed by atoms with Crippen molar-refractivity contribution >= 4 is 11.8 Å². The van der Waals surface area contributed by atoms with Crippen molar-refractivity contribution < 1.29 is 14.4 Å². The van der Waals surface area contributed by atoms with E-state index in [0.717, 1.165) is 25.0 Å². The zero-order chi connectivity index (χ0) is 17.1. The van der Waals surface area contributed by atoms with Gasteiger partial charge in [-0.2, -0.15) is 5.10 Å². The Balaban J connectivity index is 1.73. The fourth-order valence-electron chi connectivity index (χ4n) is 3.17. The Kier molecular flexibility index (Phi) is 5.18. The van der Waals surface area contributed by atoms with Gasteiger partial charge in [-0.05, 0) is 31.2 Å². The van der Waals surface area contributed by atoms with E-state index in [-0.39, 0.29) is 11.8 Å². The fraction of sp³-hybridized carbons (Fsp3) is 0.706. The van der Waals surface area contributed by atoms with Crippen molar-refractivity contribution in [2.45, 2.75) is 52.1 Å². The molecule has 1 fully saturated rings. The van der Waals surface area contributed by atoms with Crippen LogP contribution in [0.1, 0.15) is 51.3 Å². The van der Waals surface area contributed by atoms with Crippen LogP contribution in [0.5, 0.6) is 0 Å². The molecule has 0 spiro atoms. The van der Waals surface area contributed by atoms with Gasteiger partial charge in [0.15, 0.2) is 6.04 Å². The van der Waals surface area contributed by atoms with Gasteiger partial charge in [-0.1, -0.05) is 13.8 Å². The largest absolute Gasteiger partial charge is 0.334 e. The van der Waals surface area contributed by atoms with Gasteiger partial charge in [0.1, 0.15) is 0 Å². The van der Waals surface area contributed by atoms with E-state index in [4.69, 9.17) is 4.84 Å². The monoisotopic (exact) mass is 334 g/mol. The molecular weight excluding hydrogens is 308 g/mol. The molecule has 1 aromatic heterocycles. The normalized spacial score (nSPS) is 21.0. The number of amides is 2. The maximum Gasteiger partial charge on any atom is 0.272 e. The summed E-state index contributed by atoms with van der Waals surface area (Å²) in [4.78, 5) is 32.7. The Morgan fingerprint density at radius 1 is 1.38 bits per heavy atom. The van der Waals surface area contributed by atoms with E-state index in [1.807, 2.05) is 6.07 Å². The van der Waals surface area contributed by atoms with Crippen LogP contribution in [0.25, 0.3) is 0 Å². The number of rotatable bonds is 4. The second-order valence-corrected chi connectivity index (χ2v) is 6.97. The quantitative estimate of drug-likeness (QED) is 0.841. The standard InChI is InChI=1S/C17H26N4O3/c1-13(2)5-6-16(22)19-11-14-7-8-18-21(14)15(12-19)17(23)20-9-3-4-10-24-20/h7-8,13,15H,3-6,9-12H2,1-2H3/t15-/m0/s1. The molecule has 3 heterocycles. The maximum atomic E-state index is 12.9. The Labute approximate surface area is 142 Å². The minimum atomic E-state index is -0.496. The lowest BCUT2D eigenvalue weighted by Crippen LogP contribution is -2.49. The molecule has 7 heteroatoms. The van der Waals surface area contributed by atoms with E-state index in [1.165, 1.54) is 5.06 Å². The van der Waals surface area contributed by atoms with E-state index >= 15 is 0 Å². The predicted molar refractivity (Wildman–Crippen MR) is 87.7 cm³/mol.